The molecule has 0 bridgehead atoms. The molecular formula is C18H22BrFN6. The zero-order valence-corrected chi connectivity index (χ0v) is 16.4. The molecule has 2 aromatic heterocycles. The molecule has 8 heteroatoms. The molecule has 4 heterocycles. The van der Waals surface area contributed by atoms with Crippen LogP contribution in [0.2, 0.25) is 0 Å². The van der Waals surface area contributed by atoms with E-state index < -0.39 is 0 Å². The Labute approximate surface area is 161 Å². The van der Waals surface area contributed by atoms with Crippen molar-refractivity contribution in [3.05, 3.63) is 34.4 Å². The zero-order valence-electron chi connectivity index (χ0n) is 14.8. The topological polar surface area (TPSA) is 48.4 Å². The lowest BCUT2D eigenvalue weighted by molar-refractivity contribution is 0.586. The minimum absolute atomic E-state index is 0.290. The Hall–Kier alpha value is -1.96. The van der Waals surface area contributed by atoms with E-state index in [2.05, 4.69) is 46.7 Å². The van der Waals surface area contributed by atoms with Gasteiger partial charge in [-0.2, -0.15) is 0 Å². The first-order valence-electron chi connectivity index (χ1n) is 9.02. The number of anilines is 3. The Morgan fingerprint density at radius 3 is 2.08 bits per heavy atom. The van der Waals surface area contributed by atoms with Crippen molar-refractivity contribution in [3.8, 4) is 0 Å². The lowest BCUT2D eigenvalue weighted by Gasteiger charge is -2.36. The lowest BCUT2D eigenvalue weighted by atomic mass is 10.3. The molecule has 2 saturated heterocycles. The Morgan fingerprint density at radius 2 is 1.46 bits per heavy atom. The highest BCUT2D eigenvalue weighted by Gasteiger charge is 2.23. The van der Waals surface area contributed by atoms with Gasteiger partial charge in [0.05, 0.1) is 0 Å². The van der Waals surface area contributed by atoms with E-state index in [0.717, 1.165) is 43.6 Å². The van der Waals surface area contributed by atoms with Gasteiger partial charge in [0.1, 0.15) is 17.5 Å². The first-order valence-corrected chi connectivity index (χ1v) is 9.81. The Kier molecular flexibility index (Phi) is 4.93. The zero-order chi connectivity index (χ0) is 18.1. The van der Waals surface area contributed by atoms with E-state index >= 15 is 0 Å². The fourth-order valence-electron chi connectivity index (χ4n) is 3.59. The summed E-state index contributed by atoms with van der Waals surface area (Å²) in [5.74, 6) is 2.91. The molecule has 6 nitrogen and oxygen atoms in total. The fraction of sp³-hybridized carbons (Fsp3) is 0.500. The van der Waals surface area contributed by atoms with Crippen LogP contribution in [0.3, 0.4) is 0 Å². The van der Waals surface area contributed by atoms with Gasteiger partial charge in [0.15, 0.2) is 11.6 Å². The molecule has 0 radical (unpaired) electrons. The van der Waals surface area contributed by atoms with Crippen molar-refractivity contribution in [2.75, 3.05) is 54.0 Å². The SMILES string of the molecule is Cc1nc(N2CCCC2)cc(N2CCN(c3ncc(Br)cc3F)CC2)n1. The summed E-state index contributed by atoms with van der Waals surface area (Å²) in [5, 5.41) is 0. The molecule has 0 N–H and O–H groups in total. The van der Waals surface area contributed by atoms with Gasteiger partial charge in [0.2, 0.25) is 0 Å². The molecule has 0 aliphatic carbocycles. The second kappa shape index (κ2) is 7.34. The van der Waals surface area contributed by atoms with Gasteiger partial charge in [-0.3, -0.25) is 0 Å². The lowest BCUT2D eigenvalue weighted by Crippen LogP contribution is -2.47. The van der Waals surface area contributed by atoms with Crippen molar-refractivity contribution < 1.29 is 4.39 Å². The molecule has 0 atom stereocenters. The standard InChI is InChI=1S/C18H22BrFN6/c1-13-22-16(24-4-2-3-5-24)11-17(23-13)25-6-8-26(9-7-25)18-15(20)10-14(19)12-21-18/h10-12H,2-9H2,1H3. The quantitative estimate of drug-likeness (QED) is 0.760. The van der Waals surface area contributed by atoms with Crippen LogP contribution in [0.25, 0.3) is 0 Å². The number of aryl methyl sites for hydroxylation is 1. The second-order valence-electron chi connectivity index (χ2n) is 6.76. The molecule has 0 saturated carbocycles. The van der Waals surface area contributed by atoms with Crippen LogP contribution >= 0.6 is 15.9 Å². The Bertz CT molecular complexity index is 787. The van der Waals surface area contributed by atoms with Crippen LogP contribution in [-0.2, 0) is 0 Å². The van der Waals surface area contributed by atoms with Gasteiger partial charge in [-0.15, -0.1) is 0 Å². The summed E-state index contributed by atoms with van der Waals surface area (Å²) in [6.45, 7) is 7.08. The monoisotopic (exact) mass is 420 g/mol. The van der Waals surface area contributed by atoms with E-state index in [-0.39, 0.29) is 5.82 Å². The minimum atomic E-state index is -0.290. The van der Waals surface area contributed by atoms with Gasteiger partial charge in [-0.1, -0.05) is 0 Å². The molecule has 26 heavy (non-hydrogen) atoms. The van der Waals surface area contributed by atoms with Crippen LogP contribution in [0.1, 0.15) is 18.7 Å². The number of piperazine rings is 1. The number of pyridine rings is 1. The average molecular weight is 421 g/mol. The van der Waals surface area contributed by atoms with E-state index in [1.54, 1.807) is 6.20 Å². The molecule has 2 aliphatic rings. The van der Waals surface area contributed by atoms with Crippen LogP contribution in [-0.4, -0.2) is 54.2 Å². The maximum absolute atomic E-state index is 14.2. The maximum atomic E-state index is 14.2. The summed E-state index contributed by atoms with van der Waals surface area (Å²) in [7, 11) is 0. The Balaban J connectivity index is 1.47. The molecule has 0 unspecified atom stereocenters. The molecule has 0 aromatic carbocycles. The van der Waals surface area contributed by atoms with E-state index in [1.165, 1.54) is 18.9 Å². The number of hydrogen-bond acceptors (Lipinski definition) is 6. The van der Waals surface area contributed by atoms with E-state index in [4.69, 9.17) is 0 Å². The van der Waals surface area contributed by atoms with Gasteiger partial charge >= 0.3 is 0 Å². The summed E-state index contributed by atoms with van der Waals surface area (Å²) in [4.78, 5) is 20.0. The molecule has 0 amide bonds. The normalized spacial score (nSPS) is 17.9. The van der Waals surface area contributed by atoms with Crippen molar-refractivity contribution in [1.82, 2.24) is 15.0 Å². The van der Waals surface area contributed by atoms with Crippen LogP contribution in [0.4, 0.5) is 21.8 Å². The number of aromatic nitrogens is 3. The molecule has 2 aromatic rings. The number of rotatable bonds is 3. The van der Waals surface area contributed by atoms with Crippen molar-refractivity contribution in [3.63, 3.8) is 0 Å². The second-order valence-corrected chi connectivity index (χ2v) is 7.67. The largest absolute Gasteiger partial charge is 0.356 e. The highest BCUT2D eigenvalue weighted by molar-refractivity contribution is 9.10. The molecule has 4 rings (SSSR count). The fourth-order valence-corrected chi connectivity index (χ4v) is 3.90. The van der Waals surface area contributed by atoms with E-state index in [0.29, 0.717) is 23.4 Å². The van der Waals surface area contributed by atoms with E-state index in [1.807, 2.05) is 11.8 Å². The van der Waals surface area contributed by atoms with Crippen molar-refractivity contribution >= 4 is 33.4 Å². The first kappa shape index (κ1) is 17.5. The predicted octanol–water partition coefficient (Wildman–Crippen LogP) is 3.01. The number of nitrogens with zero attached hydrogens (tertiary/aromatic N) is 6. The summed E-state index contributed by atoms with van der Waals surface area (Å²) >= 11 is 3.25. The van der Waals surface area contributed by atoms with Crippen molar-refractivity contribution in [2.24, 2.45) is 0 Å². The molecular weight excluding hydrogens is 399 g/mol. The molecule has 138 valence electrons. The van der Waals surface area contributed by atoms with Crippen molar-refractivity contribution in [1.29, 1.82) is 0 Å². The maximum Gasteiger partial charge on any atom is 0.166 e. The van der Waals surface area contributed by atoms with Crippen LogP contribution in [0.15, 0.2) is 22.8 Å². The van der Waals surface area contributed by atoms with Gasteiger partial charge in [0.25, 0.3) is 0 Å². The molecule has 2 aliphatic heterocycles. The first-order chi connectivity index (χ1) is 12.6. The van der Waals surface area contributed by atoms with Gasteiger partial charge in [-0.25, -0.2) is 19.3 Å². The predicted molar refractivity (Wildman–Crippen MR) is 105 cm³/mol. The average Bonchev–Trinajstić information content (AvgIpc) is 3.16. The minimum Gasteiger partial charge on any atom is -0.356 e. The summed E-state index contributed by atoms with van der Waals surface area (Å²) in [6, 6.07) is 3.55. The van der Waals surface area contributed by atoms with Gasteiger partial charge in [0, 0.05) is 56.0 Å². The third-order valence-electron chi connectivity index (χ3n) is 4.93. The summed E-state index contributed by atoms with van der Waals surface area (Å²) in [6.07, 6.45) is 4.09. The van der Waals surface area contributed by atoms with Crippen LogP contribution < -0.4 is 14.7 Å². The smallest absolute Gasteiger partial charge is 0.166 e. The summed E-state index contributed by atoms with van der Waals surface area (Å²) in [5.41, 5.74) is 0. The number of hydrogen-bond donors (Lipinski definition) is 0. The van der Waals surface area contributed by atoms with Crippen LogP contribution in [0.5, 0.6) is 0 Å². The Morgan fingerprint density at radius 1 is 0.885 bits per heavy atom. The van der Waals surface area contributed by atoms with E-state index in [9.17, 15) is 4.39 Å². The van der Waals surface area contributed by atoms with Gasteiger partial charge < -0.3 is 14.7 Å². The summed E-state index contributed by atoms with van der Waals surface area (Å²) < 4.78 is 14.8. The van der Waals surface area contributed by atoms with Crippen molar-refractivity contribution in [2.45, 2.75) is 19.8 Å². The highest BCUT2D eigenvalue weighted by Crippen LogP contribution is 2.25. The third kappa shape index (κ3) is 3.60. The number of halogens is 2. The highest BCUT2D eigenvalue weighted by atomic mass is 79.9. The molecule has 0 spiro atoms. The third-order valence-corrected chi connectivity index (χ3v) is 5.37. The molecule has 2 fully saturated rings. The van der Waals surface area contributed by atoms with Gasteiger partial charge in [-0.05, 0) is 41.8 Å². The van der Waals surface area contributed by atoms with Crippen LogP contribution in [0, 0.1) is 12.7 Å².